The van der Waals surface area contributed by atoms with Crippen LogP contribution in [0.15, 0.2) is 47.6 Å². The first-order chi connectivity index (χ1) is 13.3. The van der Waals surface area contributed by atoms with E-state index in [0.717, 1.165) is 0 Å². The van der Waals surface area contributed by atoms with E-state index in [2.05, 4.69) is 15.8 Å². The van der Waals surface area contributed by atoms with E-state index in [-0.39, 0.29) is 17.3 Å². The monoisotopic (exact) mass is 422 g/mol. The number of amides is 3. The van der Waals surface area contributed by atoms with Gasteiger partial charge in [0.1, 0.15) is 5.75 Å². The molecule has 0 atom stereocenters. The predicted molar refractivity (Wildman–Crippen MR) is 107 cm³/mol. The van der Waals surface area contributed by atoms with Crippen LogP contribution in [0.5, 0.6) is 5.75 Å². The maximum Gasteiger partial charge on any atom is 0.329 e. The second-order valence-electron chi connectivity index (χ2n) is 5.50. The maximum absolute atomic E-state index is 11.9. The molecule has 0 radical (unpaired) electrons. The quantitative estimate of drug-likeness (QED) is 0.375. The van der Waals surface area contributed by atoms with Crippen LogP contribution in [0.3, 0.4) is 0 Å². The maximum atomic E-state index is 11.9. The summed E-state index contributed by atoms with van der Waals surface area (Å²) < 4.78 is 5.15. The Kier molecular flexibility index (Phi) is 7.36. The third-order valence-electron chi connectivity index (χ3n) is 3.36. The van der Waals surface area contributed by atoms with Crippen LogP contribution in [0.2, 0.25) is 10.0 Å². The van der Waals surface area contributed by atoms with Gasteiger partial charge in [-0.15, -0.1) is 0 Å². The van der Waals surface area contributed by atoms with E-state index in [1.54, 1.807) is 37.3 Å². The van der Waals surface area contributed by atoms with Crippen molar-refractivity contribution < 1.29 is 19.1 Å². The minimum Gasteiger partial charge on any atom is -0.484 e. The number of ether oxygens (including phenoxy) is 1. The Morgan fingerprint density at radius 2 is 1.75 bits per heavy atom. The number of nitrogens with one attached hydrogen (secondary N) is 2. The fourth-order valence-electron chi connectivity index (χ4n) is 1.97. The zero-order valence-corrected chi connectivity index (χ0v) is 16.2. The number of nitrogens with two attached hydrogens (primary N) is 1. The van der Waals surface area contributed by atoms with Crippen LogP contribution in [0.4, 0.5) is 5.69 Å². The van der Waals surface area contributed by atoms with Crippen molar-refractivity contribution in [3.8, 4) is 5.75 Å². The molecule has 0 bridgehead atoms. The van der Waals surface area contributed by atoms with Crippen molar-refractivity contribution in [3.63, 3.8) is 0 Å². The number of hydrogen-bond donors (Lipinski definition) is 3. The molecule has 0 fully saturated rings. The highest BCUT2D eigenvalue weighted by atomic mass is 35.5. The lowest BCUT2D eigenvalue weighted by Crippen LogP contribution is -2.33. The van der Waals surface area contributed by atoms with E-state index in [4.69, 9.17) is 33.7 Å². The van der Waals surface area contributed by atoms with Crippen molar-refractivity contribution in [2.24, 2.45) is 10.8 Å². The molecule has 0 heterocycles. The van der Waals surface area contributed by atoms with Gasteiger partial charge in [0.2, 0.25) is 0 Å². The van der Waals surface area contributed by atoms with Gasteiger partial charge in [-0.2, -0.15) is 5.10 Å². The van der Waals surface area contributed by atoms with Crippen molar-refractivity contribution in [1.82, 2.24) is 5.43 Å². The molecular weight excluding hydrogens is 407 g/mol. The number of hydrogen-bond acceptors (Lipinski definition) is 5. The number of anilines is 1. The van der Waals surface area contributed by atoms with Crippen LogP contribution in [-0.2, 0) is 14.4 Å². The van der Waals surface area contributed by atoms with Crippen LogP contribution in [0.25, 0.3) is 0 Å². The lowest BCUT2D eigenvalue weighted by Gasteiger charge is -2.07. The molecule has 0 aliphatic rings. The van der Waals surface area contributed by atoms with Crippen molar-refractivity contribution in [2.75, 3.05) is 11.9 Å². The Hall–Kier alpha value is -3.10. The fourth-order valence-corrected chi connectivity index (χ4v) is 2.31. The summed E-state index contributed by atoms with van der Waals surface area (Å²) in [7, 11) is 0. The average Bonchev–Trinajstić information content (AvgIpc) is 2.67. The van der Waals surface area contributed by atoms with Gasteiger partial charge in [-0.3, -0.25) is 14.4 Å². The minimum absolute atomic E-state index is 0.210. The highest BCUT2D eigenvalue weighted by molar-refractivity contribution is 6.42. The summed E-state index contributed by atoms with van der Waals surface area (Å²) in [5.41, 5.74) is 8.49. The Morgan fingerprint density at radius 3 is 2.39 bits per heavy atom. The SMILES string of the molecule is CC(=NNC(=O)C(=O)Nc1cc(Cl)ccc1Cl)c1ccc(OCC(N)=O)cc1. The number of primary amides is 1. The van der Waals surface area contributed by atoms with Crippen molar-refractivity contribution in [3.05, 3.63) is 58.1 Å². The largest absolute Gasteiger partial charge is 0.484 e. The summed E-state index contributed by atoms with van der Waals surface area (Å²) in [6.45, 7) is 1.42. The molecule has 0 spiro atoms. The summed E-state index contributed by atoms with van der Waals surface area (Å²) in [5.74, 6) is -2.05. The second kappa shape index (κ2) is 9.72. The molecule has 2 rings (SSSR count). The van der Waals surface area contributed by atoms with Crippen molar-refractivity contribution in [1.29, 1.82) is 0 Å². The Bertz CT molecular complexity index is 930. The van der Waals surface area contributed by atoms with Crippen LogP contribution in [0.1, 0.15) is 12.5 Å². The van der Waals surface area contributed by atoms with Gasteiger partial charge in [-0.1, -0.05) is 23.2 Å². The van der Waals surface area contributed by atoms with E-state index >= 15 is 0 Å². The molecule has 10 heteroatoms. The number of carbonyl (C=O) groups is 3. The van der Waals surface area contributed by atoms with Gasteiger partial charge in [0, 0.05) is 5.02 Å². The van der Waals surface area contributed by atoms with Crippen LogP contribution in [-0.4, -0.2) is 30.0 Å². The fraction of sp³-hybridized carbons (Fsp3) is 0.111. The normalized spacial score (nSPS) is 10.9. The molecule has 8 nitrogen and oxygen atoms in total. The first kappa shape index (κ1) is 21.2. The standard InChI is InChI=1S/C18H16Cl2N4O4/c1-10(11-2-5-13(6-3-11)28-9-16(21)25)23-24-18(27)17(26)22-15-8-12(19)4-7-14(15)20/h2-8H,9H2,1H3,(H2,21,25)(H,22,26)(H,24,27). The van der Waals surface area contributed by atoms with Crippen molar-refractivity contribution in [2.45, 2.75) is 6.92 Å². The lowest BCUT2D eigenvalue weighted by atomic mass is 10.1. The van der Waals surface area contributed by atoms with E-state index in [0.29, 0.717) is 22.0 Å². The number of hydrazone groups is 1. The molecule has 0 unspecified atom stereocenters. The molecule has 3 amide bonds. The average molecular weight is 423 g/mol. The third kappa shape index (κ3) is 6.26. The topological polar surface area (TPSA) is 123 Å². The number of nitrogens with zero attached hydrogens (tertiary/aromatic N) is 1. The predicted octanol–water partition coefficient (Wildman–Crippen LogP) is 2.34. The van der Waals surface area contributed by atoms with Gasteiger partial charge < -0.3 is 15.8 Å². The van der Waals surface area contributed by atoms with Crippen LogP contribution >= 0.6 is 23.2 Å². The van der Waals surface area contributed by atoms with Crippen molar-refractivity contribution >= 4 is 52.3 Å². The van der Waals surface area contributed by atoms with Gasteiger partial charge >= 0.3 is 11.8 Å². The highest BCUT2D eigenvalue weighted by Gasteiger charge is 2.15. The first-order valence-electron chi connectivity index (χ1n) is 7.88. The summed E-state index contributed by atoms with van der Waals surface area (Å²) in [5, 5.41) is 6.84. The molecule has 0 saturated heterocycles. The summed E-state index contributed by atoms with van der Waals surface area (Å²) in [4.78, 5) is 34.6. The van der Waals surface area contributed by atoms with Gasteiger partial charge in [0.25, 0.3) is 5.91 Å². The smallest absolute Gasteiger partial charge is 0.329 e. The molecule has 0 aliphatic carbocycles. The van der Waals surface area contributed by atoms with E-state index in [9.17, 15) is 14.4 Å². The summed E-state index contributed by atoms with van der Waals surface area (Å²) in [6.07, 6.45) is 0. The second-order valence-corrected chi connectivity index (χ2v) is 6.34. The van der Waals surface area contributed by atoms with Crippen LogP contribution in [0, 0.1) is 0 Å². The molecule has 146 valence electrons. The van der Waals surface area contributed by atoms with Gasteiger partial charge in [-0.05, 0) is 55.0 Å². The Morgan fingerprint density at radius 1 is 1.07 bits per heavy atom. The summed E-state index contributed by atoms with van der Waals surface area (Å²) >= 11 is 11.8. The molecule has 0 saturated carbocycles. The van der Waals surface area contributed by atoms with E-state index in [1.807, 2.05) is 0 Å². The van der Waals surface area contributed by atoms with E-state index in [1.165, 1.54) is 12.1 Å². The molecular formula is C18H16Cl2N4O4. The number of halogens is 2. The highest BCUT2D eigenvalue weighted by Crippen LogP contribution is 2.25. The Balaban J connectivity index is 1.95. The zero-order chi connectivity index (χ0) is 20.7. The molecule has 4 N–H and O–H groups in total. The van der Waals surface area contributed by atoms with E-state index < -0.39 is 17.7 Å². The van der Waals surface area contributed by atoms with Gasteiger partial charge in [0.05, 0.1) is 16.4 Å². The van der Waals surface area contributed by atoms with Crippen LogP contribution < -0.4 is 21.2 Å². The molecule has 0 aliphatic heterocycles. The number of rotatable bonds is 6. The molecule has 2 aromatic rings. The van der Waals surface area contributed by atoms with Gasteiger partial charge in [-0.25, -0.2) is 5.43 Å². The third-order valence-corrected chi connectivity index (χ3v) is 3.93. The number of benzene rings is 2. The summed E-state index contributed by atoms with van der Waals surface area (Å²) in [6, 6.07) is 11.1. The van der Waals surface area contributed by atoms with Gasteiger partial charge in [0.15, 0.2) is 6.61 Å². The zero-order valence-electron chi connectivity index (χ0n) is 14.7. The molecule has 2 aromatic carbocycles. The first-order valence-corrected chi connectivity index (χ1v) is 8.64. The number of carbonyl (C=O) groups excluding carboxylic acids is 3. The Labute approximate surface area is 170 Å². The lowest BCUT2D eigenvalue weighted by molar-refractivity contribution is -0.136. The minimum atomic E-state index is -0.975. The molecule has 28 heavy (non-hydrogen) atoms. The molecule has 0 aromatic heterocycles.